The molecule has 1 aliphatic heterocycles. The Balaban J connectivity index is 1.29. The summed E-state index contributed by atoms with van der Waals surface area (Å²) in [7, 11) is 0. The Labute approximate surface area is 191 Å². The molecule has 1 aromatic carbocycles. The van der Waals surface area contributed by atoms with Gasteiger partial charge in [-0.2, -0.15) is 0 Å². The minimum Gasteiger partial charge on any atom is -0.360 e. The first-order chi connectivity index (χ1) is 15.8. The first-order valence-electron chi connectivity index (χ1n) is 11.0. The molecule has 1 amide bonds. The van der Waals surface area contributed by atoms with Crippen LogP contribution in [-0.2, 0) is 4.79 Å². The van der Waals surface area contributed by atoms with Crippen LogP contribution in [0.15, 0.2) is 40.9 Å². The SMILES string of the molecule is Cc1cc(-n2c(C)cc(C(=O)CN3CCN(CC(=O)Nc4ccc(F)cc4)CC3)c2C)no1. The summed E-state index contributed by atoms with van der Waals surface area (Å²) in [4.78, 5) is 29.5. The second-order valence-electron chi connectivity index (χ2n) is 8.45. The number of ketones is 1. The number of amides is 1. The van der Waals surface area contributed by atoms with Crippen molar-refractivity contribution in [2.45, 2.75) is 20.8 Å². The van der Waals surface area contributed by atoms with E-state index in [2.05, 4.69) is 20.3 Å². The molecule has 3 aromatic rings. The Hall–Kier alpha value is -3.30. The maximum absolute atomic E-state index is 13.0. The van der Waals surface area contributed by atoms with E-state index in [1.807, 2.05) is 37.5 Å². The minimum atomic E-state index is -0.339. The summed E-state index contributed by atoms with van der Waals surface area (Å²) in [6.07, 6.45) is 0. The Morgan fingerprint density at radius 1 is 1.00 bits per heavy atom. The van der Waals surface area contributed by atoms with E-state index in [9.17, 15) is 14.0 Å². The monoisotopic (exact) mass is 453 g/mol. The van der Waals surface area contributed by atoms with E-state index in [-0.39, 0.29) is 24.1 Å². The number of carbonyl (C=O) groups excluding carboxylic acids is 2. The van der Waals surface area contributed by atoms with Gasteiger partial charge in [-0.25, -0.2) is 4.39 Å². The van der Waals surface area contributed by atoms with Gasteiger partial charge in [0.25, 0.3) is 0 Å². The number of rotatable bonds is 7. The highest BCUT2D eigenvalue weighted by Crippen LogP contribution is 2.21. The summed E-state index contributed by atoms with van der Waals surface area (Å²) in [5.74, 6) is 0.983. The summed E-state index contributed by atoms with van der Waals surface area (Å²) in [6.45, 7) is 9.10. The van der Waals surface area contributed by atoms with E-state index in [4.69, 9.17) is 4.52 Å². The van der Waals surface area contributed by atoms with Crippen LogP contribution in [0.3, 0.4) is 0 Å². The molecular formula is C24H28FN5O3. The van der Waals surface area contributed by atoms with Crippen LogP contribution in [0.5, 0.6) is 0 Å². The van der Waals surface area contributed by atoms with Crippen molar-refractivity contribution < 1.29 is 18.5 Å². The fraction of sp³-hybridized carbons (Fsp3) is 0.375. The first kappa shape index (κ1) is 22.9. The van der Waals surface area contributed by atoms with Crippen molar-refractivity contribution in [2.24, 2.45) is 0 Å². The molecule has 0 bridgehead atoms. The third-order valence-electron chi connectivity index (χ3n) is 5.90. The van der Waals surface area contributed by atoms with Crippen LogP contribution in [0.2, 0.25) is 0 Å². The molecule has 0 saturated carbocycles. The maximum Gasteiger partial charge on any atom is 0.238 e. The zero-order valence-corrected chi connectivity index (χ0v) is 19.1. The van der Waals surface area contributed by atoms with Gasteiger partial charge in [-0.15, -0.1) is 0 Å². The average molecular weight is 454 g/mol. The smallest absolute Gasteiger partial charge is 0.238 e. The van der Waals surface area contributed by atoms with Crippen molar-refractivity contribution in [3.63, 3.8) is 0 Å². The molecule has 2 aromatic heterocycles. The summed E-state index contributed by atoms with van der Waals surface area (Å²) in [6, 6.07) is 9.46. The van der Waals surface area contributed by atoms with Crippen molar-refractivity contribution in [3.05, 3.63) is 64.9 Å². The molecular weight excluding hydrogens is 425 g/mol. The van der Waals surface area contributed by atoms with Crippen molar-refractivity contribution in [2.75, 3.05) is 44.6 Å². The highest BCUT2D eigenvalue weighted by Gasteiger charge is 2.24. The number of anilines is 1. The Morgan fingerprint density at radius 3 is 2.24 bits per heavy atom. The number of aromatic nitrogens is 2. The molecule has 3 heterocycles. The summed E-state index contributed by atoms with van der Waals surface area (Å²) < 4.78 is 20.1. The van der Waals surface area contributed by atoms with Crippen LogP contribution < -0.4 is 5.32 Å². The maximum atomic E-state index is 13.0. The first-order valence-corrected chi connectivity index (χ1v) is 11.0. The quantitative estimate of drug-likeness (QED) is 0.554. The lowest BCUT2D eigenvalue weighted by Crippen LogP contribution is -2.49. The number of nitrogens with zero attached hydrogens (tertiary/aromatic N) is 4. The molecule has 0 unspecified atom stereocenters. The van der Waals surface area contributed by atoms with E-state index in [1.165, 1.54) is 24.3 Å². The van der Waals surface area contributed by atoms with Gasteiger partial charge in [0.05, 0.1) is 13.1 Å². The van der Waals surface area contributed by atoms with E-state index >= 15 is 0 Å². The van der Waals surface area contributed by atoms with E-state index in [1.54, 1.807) is 0 Å². The van der Waals surface area contributed by atoms with Crippen molar-refractivity contribution in [1.29, 1.82) is 0 Å². The van der Waals surface area contributed by atoms with Gasteiger partial charge >= 0.3 is 0 Å². The molecule has 4 rings (SSSR count). The molecule has 0 spiro atoms. The predicted octanol–water partition coefficient (Wildman–Crippen LogP) is 2.97. The third-order valence-corrected chi connectivity index (χ3v) is 5.90. The number of aryl methyl sites for hydroxylation is 2. The number of nitrogens with one attached hydrogen (secondary N) is 1. The second-order valence-corrected chi connectivity index (χ2v) is 8.45. The van der Waals surface area contributed by atoms with Crippen LogP contribution in [-0.4, -0.2) is 70.5 Å². The molecule has 0 aliphatic carbocycles. The van der Waals surface area contributed by atoms with E-state index in [0.29, 0.717) is 49.8 Å². The average Bonchev–Trinajstić information content (AvgIpc) is 3.33. The molecule has 0 radical (unpaired) electrons. The summed E-state index contributed by atoms with van der Waals surface area (Å²) >= 11 is 0. The highest BCUT2D eigenvalue weighted by molar-refractivity contribution is 5.99. The molecule has 1 saturated heterocycles. The fourth-order valence-corrected chi connectivity index (χ4v) is 4.19. The Kier molecular flexibility index (Phi) is 6.71. The lowest BCUT2D eigenvalue weighted by atomic mass is 10.1. The standard InChI is InChI=1S/C24H28FN5O3/c1-16-12-21(18(3)30(16)23-13-17(2)33-27-23)22(31)14-28-8-10-29(11-9-28)15-24(32)26-20-6-4-19(25)5-7-20/h4-7,12-13H,8-11,14-15H2,1-3H3,(H,26,32). The summed E-state index contributed by atoms with van der Waals surface area (Å²) in [5, 5.41) is 6.85. The van der Waals surface area contributed by atoms with Crippen LogP contribution >= 0.6 is 0 Å². The molecule has 9 heteroatoms. The van der Waals surface area contributed by atoms with Crippen molar-refractivity contribution >= 4 is 17.4 Å². The molecule has 1 N–H and O–H groups in total. The normalized spacial score (nSPS) is 15.0. The van der Waals surface area contributed by atoms with Gasteiger partial charge in [-0.05, 0) is 51.1 Å². The molecule has 0 atom stereocenters. The van der Waals surface area contributed by atoms with Crippen LogP contribution in [0.25, 0.3) is 5.82 Å². The van der Waals surface area contributed by atoms with Crippen LogP contribution in [0, 0.1) is 26.6 Å². The fourth-order valence-electron chi connectivity index (χ4n) is 4.19. The second kappa shape index (κ2) is 9.68. The van der Waals surface area contributed by atoms with Crippen LogP contribution in [0.4, 0.5) is 10.1 Å². The topological polar surface area (TPSA) is 83.6 Å². The number of piperazine rings is 1. The molecule has 33 heavy (non-hydrogen) atoms. The Morgan fingerprint density at radius 2 is 1.64 bits per heavy atom. The molecule has 8 nitrogen and oxygen atoms in total. The number of hydrogen-bond acceptors (Lipinski definition) is 6. The van der Waals surface area contributed by atoms with Crippen molar-refractivity contribution in [3.8, 4) is 5.82 Å². The van der Waals surface area contributed by atoms with Gasteiger partial charge in [0.2, 0.25) is 5.91 Å². The summed E-state index contributed by atoms with van der Waals surface area (Å²) in [5.41, 5.74) is 3.04. The number of carbonyl (C=O) groups is 2. The Bertz CT molecular complexity index is 1140. The lowest BCUT2D eigenvalue weighted by Gasteiger charge is -2.33. The number of benzene rings is 1. The number of hydrogen-bond donors (Lipinski definition) is 1. The molecule has 1 aliphatic rings. The highest BCUT2D eigenvalue weighted by atomic mass is 19.1. The van der Waals surface area contributed by atoms with Crippen LogP contribution in [0.1, 0.15) is 27.5 Å². The zero-order valence-electron chi connectivity index (χ0n) is 19.1. The van der Waals surface area contributed by atoms with Gasteiger partial charge in [0.1, 0.15) is 11.6 Å². The number of halogens is 1. The lowest BCUT2D eigenvalue weighted by molar-refractivity contribution is -0.117. The molecule has 174 valence electrons. The third kappa shape index (κ3) is 5.37. The van der Waals surface area contributed by atoms with E-state index < -0.39 is 0 Å². The molecule has 1 fully saturated rings. The van der Waals surface area contributed by atoms with E-state index in [0.717, 1.165) is 17.1 Å². The number of Topliss-reactive ketones (excluding diaryl/α,β-unsaturated/α-hetero) is 1. The van der Waals surface area contributed by atoms with Crippen molar-refractivity contribution in [1.82, 2.24) is 19.5 Å². The van der Waals surface area contributed by atoms with Gasteiger partial charge in [0.15, 0.2) is 11.6 Å². The zero-order chi connectivity index (χ0) is 23.5. The predicted molar refractivity (Wildman–Crippen MR) is 122 cm³/mol. The minimum absolute atomic E-state index is 0.0667. The van der Waals surface area contributed by atoms with Gasteiger partial charge in [-0.1, -0.05) is 5.16 Å². The van der Waals surface area contributed by atoms with Gasteiger partial charge < -0.3 is 9.84 Å². The van der Waals surface area contributed by atoms with Gasteiger partial charge in [-0.3, -0.25) is 24.0 Å². The largest absolute Gasteiger partial charge is 0.360 e. The van der Waals surface area contributed by atoms with Gasteiger partial charge in [0, 0.05) is 54.9 Å².